The van der Waals surface area contributed by atoms with Crippen molar-refractivity contribution < 1.29 is 9.53 Å². The first-order chi connectivity index (χ1) is 13.6. The Bertz CT molecular complexity index is 666. The molecule has 2 saturated heterocycles. The molecule has 0 radical (unpaired) electrons. The Morgan fingerprint density at radius 1 is 1.21 bits per heavy atom. The minimum absolute atomic E-state index is 0.291. The molecule has 1 atom stereocenters. The summed E-state index contributed by atoms with van der Waals surface area (Å²) in [4.78, 5) is 20.2. The fourth-order valence-corrected chi connectivity index (χ4v) is 4.58. The van der Waals surface area contributed by atoms with Gasteiger partial charge in [-0.25, -0.2) is 0 Å². The fourth-order valence-electron chi connectivity index (χ4n) is 4.58. The van der Waals surface area contributed by atoms with Gasteiger partial charge in [0.15, 0.2) is 0 Å². The molecule has 0 N–H and O–H groups in total. The molecule has 4 rings (SSSR count). The smallest absolute Gasteiger partial charge is 0.226 e. The molecule has 1 amide bonds. The SMILES string of the molecule is Cc1cc(CN2CCCC(N(CCN3CCOCC3)C(=O)C3CC3)C2)n(C)n1. The van der Waals surface area contributed by atoms with E-state index in [1.807, 2.05) is 18.7 Å². The molecule has 1 unspecified atom stereocenters. The van der Waals surface area contributed by atoms with Gasteiger partial charge in [-0.15, -0.1) is 0 Å². The maximum absolute atomic E-state index is 13.1. The standard InChI is InChI=1S/C21H35N5O2/c1-17-14-20(23(2)22-17)16-25-7-3-4-19(15-25)26(21(27)18-5-6-18)9-8-24-10-12-28-13-11-24/h14,18-19H,3-13,15-16H2,1-2H3. The van der Waals surface area contributed by atoms with Crippen LogP contribution in [0.15, 0.2) is 6.07 Å². The van der Waals surface area contributed by atoms with Crippen LogP contribution in [-0.4, -0.2) is 88.9 Å². The molecule has 0 spiro atoms. The second-order valence-corrected chi connectivity index (χ2v) is 8.69. The topological polar surface area (TPSA) is 53.8 Å². The predicted molar refractivity (Wildman–Crippen MR) is 108 cm³/mol. The second kappa shape index (κ2) is 8.93. The van der Waals surface area contributed by atoms with Gasteiger partial charge in [0.2, 0.25) is 5.91 Å². The van der Waals surface area contributed by atoms with E-state index in [4.69, 9.17) is 4.74 Å². The lowest BCUT2D eigenvalue weighted by Crippen LogP contribution is -2.53. The number of ether oxygens (including phenoxy) is 1. The Kier molecular flexibility index (Phi) is 6.33. The van der Waals surface area contributed by atoms with Gasteiger partial charge in [-0.3, -0.25) is 19.3 Å². The van der Waals surface area contributed by atoms with Crippen molar-refractivity contribution >= 4 is 5.91 Å². The van der Waals surface area contributed by atoms with Crippen molar-refractivity contribution in [3.05, 3.63) is 17.5 Å². The molecule has 0 bridgehead atoms. The number of rotatable bonds is 7. The summed E-state index contributed by atoms with van der Waals surface area (Å²) in [6.07, 6.45) is 4.45. The molecule has 0 aromatic carbocycles. The summed E-state index contributed by atoms with van der Waals surface area (Å²) in [6.45, 7) is 10.5. The second-order valence-electron chi connectivity index (χ2n) is 8.69. The minimum atomic E-state index is 0.291. The van der Waals surface area contributed by atoms with Crippen LogP contribution in [0.1, 0.15) is 37.1 Å². The van der Waals surface area contributed by atoms with Crippen LogP contribution in [0.4, 0.5) is 0 Å². The molecule has 2 aliphatic heterocycles. The summed E-state index contributed by atoms with van der Waals surface area (Å²) in [5.41, 5.74) is 2.33. The third kappa shape index (κ3) is 4.93. The first kappa shape index (κ1) is 19.9. The van der Waals surface area contributed by atoms with Crippen molar-refractivity contribution in [2.45, 2.75) is 45.2 Å². The lowest BCUT2D eigenvalue weighted by molar-refractivity contribution is -0.136. The Balaban J connectivity index is 1.38. The van der Waals surface area contributed by atoms with Gasteiger partial charge in [-0.2, -0.15) is 5.10 Å². The summed E-state index contributed by atoms with van der Waals surface area (Å²) in [5, 5.41) is 4.48. The van der Waals surface area contributed by atoms with E-state index in [-0.39, 0.29) is 0 Å². The molecule has 28 heavy (non-hydrogen) atoms. The van der Waals surface area contributed by atoms with Crippen molar-refractivity contribution in [3.8, 4) is 0 Å². The Morgan fingerprint density at radius 3 is 2.68 bits per heavy atom. The molecular formula is C21H35N5O2. The van der Waals surface area contributed by atoms with E-state index in [9.17, 15) is 4.79 Å². The number of aryl methyl sites for hydroxylation is 2. The molecule has 1 aliphatic carbocycles. The number of nitrogens with zero attached hydrogens (tertiary/aromatic N) is 5. The average Bonchev–Trinajstić information content (AvgIpc) is 3.49. The summed E-state index contributed by atoms with van der Waals surface area (Å²) in [5.74, 6) is 0.691. The lowest BCUT2D eigenvalue weighted by Gasteiger charge is -2.40. The van der Waals surface area contributed by atoms with Crippen molar-refractivity contribution in [1.82, 2.24) is 24.5 Å². The van der Waals surface area contributed by atoms with Crippen molar-refractivity contribution in [3.63, 3.8) is 0 Å². The number of piperidine rings is 1. The highest BCUT2D eigenvalue weighted by Gasteiger charge is 2.37. The number of hydrogen-bond donors (Lipinski definition) is 0. The van der Waals surface area contributed by atoms with Crippen molar-refractivity contribution in [2.24, 2.45) is 13.0 Å². The van der Waals surface area contributed by atoms with Crippen LogP contribution >= 0.6 is 0 Å². The lowest BCUT2D eigenvalue weighted by atomic mass is 10.0. The third-order valence-electron chi connectivity index (χ3n) is 6.38. The first-order valence-corrected chi connectivity index (χ1v) is 10.9. The molecule has 1 saturated carbocycles. The average molecular weight is 390 g/mol. The summed E-state index contributed by atoms with van der Waals surface area (Å²) < 4.78 is 7.46. The number of morpholine rings is 1. The van der Waals surface area contributed by atoms with E-state index in [0.29, 0.717) is 17.9 Å². The maximum Gasteiger partial charge on any atom is 0.226 e. The van der Waals surface area contributed by atoms with E-state index >= 15 is 0 Å². The van der Waals surface area contributed by atoms with Crippen LogP contribution in [0.3, 0.4) is 0 Å². The van der Waals surface area contributed by atoms with Gasteiger partial charge in [0, 0.05) is 58.3 Å². The molecule has 7 heteroatoms. The first-order valence-electron chi connectivity index (χ1n) is 10.9. The van der Waals surface area contributed by atoms with E-state index in [1.54, 1.807) is 0 Å². The zero-order valence-corrected chi connectivity index (χ0v) is 17.5. The molecule has 1 aromatic heterocycles. The monoisotopic (exact) mass is 389 g/mol. The number of carbonyl (C=O) groups is 1. The van der Waals surface area contributed by atoms with Crippen LogP contribution in [0.2, 0.25) is 0 Å². The van der Waals surface area contributed by atoms with E-state index < -0.39 is 0 Å². The number of aromatic nitrogens is 2. The van der Waals surface area contributed by atoms with Crippen LogP contribution in [0, 0.1) is 12.8 Å². The van der Waals surface area contributed by atoms with Gasteiger partial charge in [-0.05, 0) is 45.2 Å². The molecule has 3 fully saturated rings. The maximum atomic E-state index is 13.1. The van der Waals surface area contributed by atoms with Crippen LogP contribution in [-0.2, 0) is 23.1 Å². The summed E-state index contributed by atoms with van der Waals surface area (Å²) in [6, 6.07) is 2.52. The summed E-state index contributed by atoms with van der Waals surface area (Å²) >= 11 is 0. The highest BCUT2D eigenvalue weighted by Crippen LogP contribution is 2.32. The Hall–Kier alpha value is -1.44. The van der Waals surface area contributed by atoms with Gasteiger partial charge in [0.05, 0.1) is 24.6 Å². The Labute approximate surface area is 168 Å². The number of carbonyl (C=O) groups excluding carboxylic acids is 1. The van der Waals surface area contributed by atoms with Gasteiger partial charge in [0.25, 0.3) is 0 Å². The van der Waals surface area contributed by atoms with E-state index in [1.165, 1.54) is 5.69 Å². The van der Waals surface area contributed by atoms with Crippen LogP contribution < -0.4 is 0 Å². The number of likely N-dealkylation sites (tertiary alicyclic amines) is 1. The van der Waals surface area contributed by atoms with Crippen molar-refractivity contribution in [1.29, 1.82) is 0 Å². The van der Waals surface area contributed by atoms with E-state index in [2.05, 4.69) is 25.9 Å². The highest BCUT2D eigenvalue weighted by molar-refractivity contribution is 5.81. The number of amides is 1. The zero-order chi connectivity index (χ0) is 19.5. The van der Waals surface area contributed by atoms with Crippen LogP contribution in [0.5, 0.6) is 0 Å². The van der Waals surface area contributed by atoms with Gasteiger partial charge < -0.3 is 9.64 Å². The zero-order valence-electron chi connectivity index (χ0n) is 17.5. The molecule has 3 aliphatic rings. The number of hydrogen-bond acceptors (Lipinski definition) is 5. The third-order valence-corrected chi connectivity index (χ3v) is 6.38. The normalized spacial score (nSPS) is 24.4. The van der Waals surface area contributed by atoms with Crippen molar-refractivity contribution in [2.75, 3.05) is 52.5 Å². The Morgan fingerprint density at radius 2 is 2.00 bits per heavy atom. The largest absolute Gasteiger partial charge is 0.379 e. The summed E-state index contributed by atoms with van der Waals surface area (Å²) in [7, 11) is 2.02. The van der Waals surface area contributed by atoms with Gasteiger partial charge >= 0.3 is 0 Å². The van der Waals surface area contributed by atoms with Crippen LogP contribution in [0.25, 0.3) is 0 Å². The highest BCUT2D eigenvalue weighted by atomic mass is 16.5. The molecule has 1 aromatic rings. The molecule has 3 heterocycles. The fraction of sp³-hybridized carbons (Fsp3) is 0.810. The van der Waals surface area contributed by atoms with Gasteiger partial charge in [-0.1, -0.05) is 0 Å². The van der Waals surface area contributed by atoms with Gasteiger partial charge in [0.1, 0.15) is 0 Å². The quantitative estimate of drug-likeness (QED) is 0.703. The molecule has 7 nitrogen and oxygen atoms in total. The van der Waals surface area contributed by atoms with E-state index in [0.717, 1.165) is 90.4 Å². The predicted octanol–water partition coefficient (Wildman–Crippen LogP) is 1.26. The molecular weight excluding hydrogens is 354 g/mol. The molecule has 156 valence electrons. The minimum Gasteiger partial charge on any atom is -0.379 e.